The molecule has 1 aromatic carbocycles. The first-order valence-electron chi connectivity index (χ1n) is 7.41. The van der Waals surface area contributed by atoms with Crippen LogP contribution in [0, 0.1) is 0 Å². The molecular formula is C18H23BrN2O. The molecule has 2 rings (SSSR count). The number of hydrogen-bond acceptors (Lipinski definition) is 2. The average molecular weight is 363 g/mol. The molecule has 22 heavy (non-hydrogen) atoms. The molecule has 0 aromatic heterocycles. The fourth-order valence-corrected chi connectivity index (χ4v) is 2.66. The van der Waals surface area contributed by atoms with Gasteiger partial charge in [-0.2, -0.15) is 0 Å². The van der Waals surface area contributed by atoms with Gasteiger partial charge in [-0.25, -0.2) is 0 Å². The lowest BCUT2D eigenvalue weighted by Crippen LogP contribution is -2.46. The van der Waals surface area contributed by atoms with E-state index in [1.807, 2.05) is 65.8 Å². The fourth-order valence-electron chi connectivity index (χ4n) is 2.40. The molecule has 1 aliphatic heterocycles. The van der Waals surface area contributed by atoms with E-state index in [4.69, 9.17) is 4.99 Å². The monoisotopic (exact) mass is 362 g/mol. The van der Waals surface area contributed by atoms with Crippen LogP contribution in [0.25, 0.3) is 5.57 Å². The van der Waals surface area contributed by atoms with Crippen LogP contribution in [0.3, 0.4) is 0 Å². The van der Waals surface area contributed by atoms with Crippen molar-refractivity contribution < 1.29 is 4.79 Å². The molecule has 118 valence electrons. The van der Waals surface area contributed by atoms with Crippen LogP contribution in [-0.2, 0) is 4.79 Å². The summed E-state index contributed by atoms with van der Waals surface area (Å²) in [6.45, 7) is 12.2. The number of nitrogens with zero attached hydrogens (tertiary/aromatic N) is 2. The van der Waals surface area contributed by atoms with Crippen molar-refractivity contribution in [2.24, 2.45) is 4.99 Å². The van der Waals surface area contributed by atoms with Gasteiger partial charge in [-0.1, -0.05) is 28.1 Å². The number of carbonyl (C=O) groups excluding carboxylic acids is 1. The number of halogens is 1. The molecule has 0 atom stereocenters. The van der Waals surface area contributed by atoms with Crippen molar-refractivity contribution in [1.82, 2.24) is 4.90 Å². The Hall–Kier alpha value is -1.42. The van der Waals surface area contributed by atoms with E-state index in [0.29, 0.717) is 0 Å². The van der Waals surface area contributed by atoms with Gasteiger partial charge in [-0.3, -0.25) is 14.7 Å². The summed E-state index contributed by atoms with van der Waals surface area (Å²) < 4.78 is 1.02. The third-order valence-electron chi connectivity index (χ3n) is 3.21. The Morgan fingerprint density at radius 2 is 1.55 bits per heavy atom. The van der Waals surface area contributed by atoms with Crippen LogP contribution in [0.4, 0.5) is 0 Å². The molecule has 0 fully saturated rings. The fraction of sp³-hybridized carbons (Fsp3) is 0.444. The summed E-state index contributed by atoms with van der Waals surface area (Å²) in [5.74, 6) is 0.751. The molecule has 4 heteroatoms. The highest BCUT2D eigenvalue weighted by Gasteiger charge is 2.38. The zero-order chi connectivity index (χ0) is 16.7. The van der Waals surface area contributed by atoms with Gasteiger partial charge in [0, 0.05) is 21.7 Å². The second-order valence-electron chi connectivity index (χ2n) is 7.52. The second-order valence-corrected chi connectivity index (χ2v) is 8.43. The summed E-state index contributed by atoms with van der Waals surface area (Å²) in [7, 11) is 0. The average Bonchev–Trinajstić information content (AvgIpc) is 2.64. The van der Waals surface area contributed by atoms with E-state index in [1.165, 1.54) is 0 Å². The van der Waals surface area contributed by atoms with Crippen LogP contribution < -0.4 is 0 Å². The quantitative estimate of drug-likeness (QED) is 0.714. The molecule has 0 N–H and O–H groups in total. The van der Waals surface area contributed by atoms with Crippen molar-refractivity contribution in [3.05, 3.63) is 40.4 Å². The third-order valence-corrected chi connectivity index (χ3v) is 3.74. The minimum absolute atomic E-state index is 0.00609. The van der Waals surface area contributed by atoms with E-state index >= 15 is 0 Å². The number of carbonyl (C=O) groups is 1. The SMILES string of the molecule is CC(C)(C)N=C1C(c2ccc(Br)cc2)=CC(=O)N1C(C)(C)C. The standard InChI is InChI=1S/C18H23BrN2O/c1-17(2,3)20-16-14(12-7-9-13(19)10-8-12)11-15(22)21(16)18(4,5)6/h7-11H,1-6H3. The van der Waals surface area contributed by atoms with E-state index in [2.05, 4.69) is 15.9 Å². The molecule has 0 saturated carbocycles. The molecule has 3 nitrogen and oxygen atoms in total. The van der Waals surface area contributed by atoms with E-state index in [0.717, 1.165) is 21.4 Å². The topological polar surface area (TPSA) is 32.7 Å². The van der Waals surface area contributed by atoms with E-state index in [1.54, 1.807) is 11.0 Å². The van der Waals surface area contributed by atoms with Crippen molar-refractivity contribution in [1.29, 1.82) is 0 Å². The Labute approximate surface area is 141 Å². The van der Waals surface area contributed by atoms with Gasteiger partial charge in [0.25, 0.3) is 5.91 Å². The first-order valence-corrected chi connectivity index (χ1v) is 8.20. The number of benzene rings is 1. The van der Waals surface area contributed by atoms with Gasteiger partial charge >= 0.3 is 0 Å². The second kappa shape index (κ2) is 5.65. The molecule has 0 radical (unpaired) electrons. The zero-order valence-corrected chi connectivity index (χ0v) is 15.7. The van der Waals surface area contributed by atoms with Crippen molar-refractivity contribution in [2.45, 2.75) is 52.6 Å². The zero-order valence-electron chi connectivity index (χ0n) is 14.1. The van der Waals surface area contributed by atoms with Crippen LogP contribution in [0.5, 0.6) is 0 Å². The van der Waals surface area contributed by atoms with E-state index < -0.39 is 0 Å². The number of aliphatic imine (C=N–C) groups is 1. The Morgan fingerprint density at radius 3 is 2.00 bits per heavy atom. The molecule has 1 amide bonds. The van der Waals surface area contributed by atoms with Crippen molar-refractivity contribution in [3.63, 3.8) is 0 Å². The molecule has 1 aliphatic rings. The van der Waals surface area contributed by atoms with Gasteiger partial charge in [0.1, 0.15) is 5.84 Å². The van der Waals surface area contributed by atoms with Crippen LogP contribution in [0.1, 0.15) is 47.1 Å². The summed E-state index contributed by atoms with van der Waals surface area (Å²) in [4.78, 5) is 19.1. The van der Waals surface area contributed by atoms with E-state index in [9.17, 15) is 4.79 Å². The Morgan fingerprint density at radius 1 is 1.00 bits per heavy atom. The molecule has 0 spiro atoms. The minimum atomic E-state index is -0.311. The highest BCUT2D eigenvalue weighted by molar-refractivity contribution is 9.10. The van der Waals surface area contributed by atoms with Gasteiger partial charge in [0.2, 0.25) is 0 Å². The molecule has 0 unspecified atom stereocenters. The van der Waals surface area contributed by atoms with Crippen molar-refractivity contribution in [3.8, 4) is 0 Å². The molecule has 1 heterocycles. The lowest BCUT2D eigenvalue weighted by Gasteiger charge is -2.34. The Bertz CT molecular complexity index is 643. The predicted molar refractivity (Wildman–Crippen MR) is 95.9 cm³/mol. The number of rotatable bonds is 1. The smallest absolute Gasteiger partial charge is 0.253 e. The lowest BCUT2D eigenvalue weighted by atomic mass is 10.0. The molecular weight excluding hydrogens is 340 g/mol. The number of amidine groups is 1. The number of hydrogen-bond donors (Lipinski definition) is 0. The molecule has 0 saturated heterocycles. The van der Waals surface area contributed by atoms with Gasteiger partial charge in [-0.05, 0) is 59.2 Å². The Kier molecular flexibility index (Phi) is 4.35. The summed E-state index contributed by atoms with van der Waals surface area (Å²) in [6.07, 6.45) is 1.69. The molecule has 0 bridgehead atoms. The van der Waals surface area contributed by atoms with Crippen LogP contribution in [0.2, 0.25) is 0 Å². The normalized spacial score (nSPS) is 18.1. The van der Waals surface area contributed by atoms with Crippen LogP contribution in [0.15, 0.2) is 39.8 Å². The maximum absolute atomic E-state index is 12.5. The van der Waals surface area contributed by atoms with Gasteiger partial charge < -0.3 is 0 Å². The maximum Gasteiger partial charge on any atom is 0.253 e. The first-order chi connectivity index (χ1) is 9.99. The van der Waals surface area contributed by atoms with Gasteiger partial charge in [0.15, 0.2) is 0 Å². The summed E-state index contributed by atoms with van der Waals surface area (Å²) in [6, 6.07) is 7.98. The summed E-state index contributed by atoms with van der Waals surface area (Å²) in [5, 5.41) is 0. The maximum atomic E-state index is 12.5. The third kappa shape index (κ3) is 3.67. The van der Waals surface area contributed by atoms with Gasteiger partial charge in [-0.15, -0.1) is 0 Å². The van der Waals surface area contributed by atoms with Crippen LogP contribution >= 0.6 is 15.9 Å². The van der Waals surface area contributed by atoms with Gasteiger partial charge in [0.05, 0.1) is 5.54 Å². The minimum Gasteiger partial charge on any atom is -0.288 e. The summed E-state index contributed by atoms with van der Waals surface area (Å²) in [5.41, 5.74) is 1.33. The van der Waals surface area contributed by atoms with Crippen molar-refractivity contribution >= 4 is 33.2 Å². The van der Waals surface area contributed by atoms with Crippen molar-refractivity contribution in [2.75, 3.05) is 0 Å². The first kappa shape index (κ1) is 16.9. The highest BCUT2D eigenvalue weighted by atomic mass is 79.9. The highest BCUT2D eigenvalue weighted by Crippen LogP contribution is 2.32. The summed E-state index contributed by atoms with van der Waals surface area (Å²) >= 11 is 3.45. The van der Waals surface area contributed by atoms with Crippen LogP contribution in [-0.4, -0.2) is 27.7 Å². The molecule has 0 aliphatic carbocycles. The predicted octanol–water partition coefficient (Wildman–Crippen LogP) is 4.67. The van der Waals surface area contributed by atoms with E-state index in [-0.39, 0.29) is 17.0 Å². The number of amides is 1. The Balaban J connectivity index is 2.57. The largest absolute Gasteiger partial charge is 0.288 e. The lowest BCUT2D eigenvalue weighted by molar-refractivity contribution is -0.124. The molecule has 1 aromatic rings.